The normalized spacial score (nSPS) is 15.1. The van der Waals surface area contributed by atoms with Gasteiger partial charge in [0.1, 0.15) is 5.75 Å². The van der Waals surface area contributed by atoms with Crippen LogP contribution in [0.3, 0.4) is 0 Å². The van der Waals surface area contributed by atoms with Gasteiger partial charge in [0.25, 0.3) is 0 Å². The number of rotatable bonds is 5. The summed E-state index contributed by atoms with van der Waals surface area (Å²) >= 11 is 0. The number of aliphatic hydroxyl groups excluding tert-OH is 1. The Bertz CT molecular complexity index is 1040. The number of carbonyl (C=O) groups is 2. The van der Waals surface area contributed by atoms with E-state index in [2.05, 4.69) is 30.4 Å². The fourth-order valence-electron chi connectivity index (χ4n) is 3.70. The van der Waals surface area contributed by atoms with Gasteiger partial charge in [0.05, 0.1) is 13.5 Å². The lowest BCUT2D eigenvalue weighted by Gasteiger charge is -2.39. The maximum Gasteiger partial charge on any atom is 0.306 e. The number of esters is 1. The number of ether oxygens (including phenoxy) is 2. The molecule has 1 atom stereocenters. The van der Waals surface area contributed by atoms with Gasteiger partial charge >= 0.3 is 5.97 Å². The van der Waals surface area contributed by atoms with Crippen LogP contribution in [0.15, 0.2) is 42.5 Å². The topological polar surface area (TPSA) is 76.1 Å². The number of nitrogens with zero attached hydrogens (tertiary/aromatic N) is 1. The summed E-state index contributed by atoms with van der Waals surface area (Å²) in [7, 11) is 1.33. The number of fused-ring (bicyclic) bond motifs is 1. The molecule has 1 unspecified atom stereocenters. The Hall–Kier alpha value is -3.30. The predicted molar refractivity (Wildman–Crippen MR) is 122 cm³/mol. The fourth-order valence-corrected chi connectivity index (χ4v) is 3.70. The van der Waals surface area contributed by atoms with Crippen molar-refractivity contribution in [1.29, 1.82) is 0 Å². The lowest BCUT2D eigenvalue weighted by Crippen LogP contribution is -2.41. The van der Waals surface area contributed by atoms with Crippen molar-refractivity contribution in [2.24, 2.45) is 0 Å². The van der Waals surface area contributed by atoms with Crippen LogP contribution in [-0.2, 0) is 19.7 Å². The average Bonchev–Trinajstić information content (AvgIpc) is 2.76. The quantitative estimate of drug-likeness (QED) is 0.440. The highest BCUT2D eigenvalue weighted by Crippen LogP contribution is 2.40. The van der Waals surface area contributed by atoms with Gasteiger partial charge in [-0.2, -0.15) is 0 Å². The second-order valence-electron chi connectivity index (χ2n) is 8.48. The van der Waals surface area contributed by atoms with Crippen LogP contribution >= 0.6 is 0 Å². The van der Waals surface area contributed by atoms with E-state index in [1.165, 1.54) is 7.11 Å². The molecule has 1 amide bonds. The van der Waals surface area contributed by atoms with E-state index in [1.807, 2.05) is 30.3 Å². The summed E-state index contributed by atoms with van der Waals surface area (Å²) in [6.07, 6.45) is 0.168. The Labute approximate surface area is 189 Å². The van der Waals surface area contributed by atoms with Crippen LogP contribution in [0.5, 0.6) is 5.75 Å². The first-order valence-electron chi connectivity index (χ1n) is 10.7. The molecule has 0 saturated carbocycles. The molecule has 1 aliphatic heterocycles. The Morgan fingerprint density at radius 1 is 1.09 bits per heavy atom. The van der Waals surface area contributed by atoms with E-state index in [0.717, 1.165) is 28.8 Å². The van der Waals surface area contributed by atoms with Gasteiger partial charge in [0.15, 0.2) is 6.29 Å². The molecular weight excluding hydrogens is 406 g/mol. The van der Waals surface area contributed by atoms with Gasteiger partial charge in [0.2, 0.25) is 5.91 Å². The van der Waals surface area contributed by atoms with Crippen LogP contribution in [0.25, 0.3) is 0 Å². The Morgan fingerprint density at radius 3 is 2.41 bits per heavy atom. The van der Waals surface area contributed by atoms with Gasteiger partial charge in [-0.15, -0.1) is 0 Å². The van der Waals surface area contributed by atoms with Crippen molar-refractivity contribution < 1.29 is 24.2 Å². The van der Waals surface area contributed by atoms with Gasteiger partial charge in [-0.05, 0) is 66.8 Å². The molecule has 32 heavy (non-hydrogen) atoms. The second kappa shape index (κ2) is 9.88. The molecule has 6 nitrogen and oxygen atoms in total. The van der Waals surface area contributed by atoms with Crippen LogP contribution in [0.2, 0.25) is 0 Å². The summed E-state index contributed by atoms with van der Waals surface area (Å²) in [6.45, 7) is 6.51. The van der Waals surface area contributed by atoms with Crippen molar-refractivity contribution in [1.82, 2.24) is 0 Å². The summed E-state index contributed by atoms with van der Waals surface area (Å²) in [5, 5.41) is 9.29. The summed E-state index contributed by atoms with van der Waals surface area (Å²) in [5.41, 5.74) is 3.56. The zero-order valence-corrected chi connectivity index (χ0v) is 19.0. The van der Waals surface area contributed by atoms with Gasteiger partial charge in [-0.1, -0.05) is 25.7 Å². The molecular formula is C26H29NO5. The van der Waals surface area contributed by atoms with Crippen molar-refractivity contribution in [3.05, 3.63) is 59.2 Å². The molecule has 168 valence electrons. The molecule has 6 heteroatoms. The van der Waals surface area contributed by atoms with Crippen LogP contribution < -0.4 is 9.64 Å². The first-order valence-corrected chi connectivity index (χ1v) is 10.7. The molecule has 2 aromatic rings. The fraction of sp³-hybridized carbons (Fsp3) is 0.385. The summed E-state index contributed by atoms with van der Waals surface area (Å²) in [4.78, 5) is 25.9. The number of hydrogen-bond donors (Lipinski definition) is 1. The van der Waals surface area contributed by atoms with E-state index >= 15 is 0 Å². The highest BCUT2D eigenvalue weighted by atomic mass is 16.6. The minimum absolute atomic E-state index is 0.0782. The average molecular weight is 436 g/mol. The zero-order chi connectivity index (χ0) is 23.3. The molecule has 3 rings (SSSR count). The maximum absolute atomic E-state index is 12.7. The lowest BCUT2D eigenvalue weighted by atomic mass is 9.77. The first-order chi connectivity index (χ1) is 15.2. The van der Waals surface area contributed by atoms with Crippen molar-refractivity contribution in [2.75, 3.05) is 18.6 Å². The molecule has 0 spiro atoms. The van der Waals surface area contributed by atoms with Crippen molar-refractivity contribution in [2.45, 2.75) is 51.7 Å². The number of aliphatic hydroxyl groups is 1. The van der Waals surface area contributed by atoms with Gasteiger partial charge in [-0.25, -0.2) is 0 Å². The summed E-state index contributed by atoms with van der Waals surface area (Å²) < 4.78 is 9.88. The molecule has 1 heterocycles. The van der Waals surface area contributed by atoms with Crippen LogP contribution in [0.1, 0.15) is 56.7 Å². The number of carbonyl (C=O) groups excluding carboxylic acids is 2. The zero-order valence-electron chi connectivity index (χ0n) is 19.0. The second-order valence-corrected chi connectivity index (χ2v) is 8.48. The van der Waals surface area contributed by atoms with Crippen LogP contribution in [-0.4, -0.2) is 36.9 Å². The Morgan fingerprint density at radius 2 is 1.75 bits per heavy atom. The van der Waals surface area contributed by atoms with Crippen molar-refractivity contribution in [3.8, 4) is 17.6 Å². The van der Waals surface area contributed by atoms with E-state index in [-0.39, 0.29) is 30.1 Å². The highest BCUT2D eigenvalue weighted by Gasteiger charge is 2.33. The Kier molecular flexibility index (Phi) is 7.22. The molecule has 0 aromatic heterocycles. The monoisotopic (exact) mass is 435 g/mol. The molecule has 0 saturated heterocycles. The molecule has 0 radical (unpaired) electrons. The largest absolute Gasteiger partial charge is 0.469 e. The van der Waals surface area contributed by atoms with E-state index in [9.17, 15) is 14.7 Å². The summed E-state index contributed by atoms with van der Waals surface area (Å²) in [5.74, 6) is 6.47. The van der Waals surface area contributed by atoms with Gasteiger partial charge in [-0.3, -0.25) is 9.59 Å². The van der Waals surface area contributed by atoms with Crippen LogP contribution in [0, 0.1) is 11.8 Å². The Balaban J connectivity index is 1.81. The third-order valence-electron chi connectivity index (χ3n) is 5.56. The molecule has 1 aliphatic rings. The number of anilines is 1. The standard InChI is InChI=1S/C26H29NO5/c1-18(28)32-21-10-7-19(8-11-21)5-6-20-9-12-23-22(17-20)26(2,3)15-16-27(23)24(29)13-14-25(30)31-4/h7-12,17-18,28H,13-16H2,1-4H3. The van der Waals surface area contributed by atoms with E-state index < -0.39 is 6.29 Å². The summed E-state index contributed by atoms with van der Waals surface area (Å²) in [6, 6.07) is 13.1. The number of methoxy groups -OCH3 is 1. The predicted octanol–water partition coefficient (Wildman–Crippen LogP) is 3.77. The van der Waals surface area contributed by atoms with E-state index in [1.54, 1.807) is 24.0 Å². The number of hydrogen-bond acceptors (Lipinski definition) is 5. The SMILES string of the molecule is COC(=O)CCC(=O)N1CCC(C)(C)c2cc(C#Cc3ccc(OC(C)O)cc3)ccc21. The number of benzene rings is 2. The molecule has 1 N–H and O–H groups in total. The van der Waals surface area contributed by atoms with E-state index in [4.69, 9.17) is 4.74 Å². The van der Waals surface area contributed by atoms with Crippen molar-refractivity contribution in [3.63, 3.8) is 0 Å². The lowest BCUT2D eigenvalue weighted by molar-refractivity contribution is -0.141. The molecule has 0 bridgehead atoms. The van der Waals surface area contributed by atoms with Gasteiger partial charge in [0, 0.05) is 29.8 Å². The first kappa shape index (κ1) is 23.4. The molecule has 0 fully saturated rings. The highest BCUT2D eigenvalue weighted by molar-refractivity contribution is 5.96. The molecule has 0 aliphatic carbocycles. The maximum atomic E-state index is 12.7. The third kappa shape index (κ3) is 5.68. The minimum Gasteiger partial charge on any atom is -0.469 e. The van der Waals surface area contributed by atoms with Crippen LogP contribution in [0.4, 0.5) is 5.69 Å². The third-order valence-corrected chi connectivity index (χ3v) is 5.56. The minimum atomic E-state index is -0.863. The van der Waals surface area contributed by atoms with Gasteiger partial charge < -0.3 is 19.5 Å². The smallest absolute Gasteiger partial charge is 0.306 e. The number of amides is 1. The van der Waals surface area contributed by atoms with Crippen molar-refractivity contribution >= 4 is 17.6 Å². The van der Waals surface area contributed by atoms with E-state index in [0.29, 0.717) is 12.3 Å². The molecule has 2 aromatic carbocycles.